The molecule has 3 N–H and O–H groups in total. The summed E-state index contributed by atoms with van der Waals surface area (Å²) < 4.78 is 16.6. The Morgan fingerprint density at radius 2 is 1.97 bits per heavy atom. The van der Waals surface area contributed by atoms with Gasteiger partial charge in [-0.1, -0.05) is 24.6 Å². The largest absolute Gasteiger partial charge is 0.595 e. The zero-order valence-corrected chi connectivity index (χ0v) is 18.3. The van der Waals surface area contributed by atoms with Crippen molar-refractivity contribution in [2.45, 2.75) is 18.9 Å². The SMILES string of the molecule is COc1cc(OC)c2c(c1Cl)OC1(C(=O)C=C(Nc3cccc([NH+]([O-])O)c3)CC1C)C2=O. The van der Waals surface area contributed by atoms with Gasteiger partial charge in [-0.05, 0) is 12.5 Å². The maximum Gasteiger partial charge on any atom is 0.236 e. The molecule has 0 amide bonds. The second kappa shape index (κ2) is 8.10. The van der Waals surface area contributed by atoms with Gasteiger partial charge in [0.2, 0.25) is 17.2 Å². The highest BCUT2D eigenvalue weighted by atomic mass is 35.5. The lowest BCUT2D eigenvalue weighted by Gasteiger charge is -2.35. The van der Waals surface area contributed by atoms with Crippen molar-refractivity contribution in [3.8, 4) is 17.2 Å². The van der Waals surface area contributed by atoms with E-state index in [0.29, 0.717) is 17.8 Å². The van der Waals surface area contributed by atoms with Gasteiger partial charge in [0.1, 0.15) is 22.1 Å². The molecule has 1 spiro atoms. The summed E-state index contributed by atoms with van der Waals surface area (Å²) in [6.07, 6.45) is 1.62. The van der Waals surface area contributed by atoms with E-state index in [2.05, 4.69) is 5.32 Å². The predicted octanol–water partition coefficient (Wildman–Crippen LogP) is 2.68. The Hall–Kier alpha value is -3.11. The summed E-state index contributed by atoms with van der Waals surface area (Å²) in [5.41, 5.74) is -0.484. The summed E-state index contributed by atoms with van der Waals surface area (Å²) in [7, 11) is 2.83. The summed E-state index contributed by atoms with van der Waals surface area (Å²) in [6, 6.07) is 7.71. The number of fused-ring (bicyclic) bond motifs is 1. The molecule has 2 aromatic carbocycles. The first-order chi connectivity index (χ1) is 15.2. The Kier molecular flexibility index (Phi) is 5.59. The number of carbonyl (C=O) groups excluding carboxylic acids is 2. The highest BCUT2D eigenvalue weighted by Crippen LogP contribution is 2.53. The van der Waals surface area contributed by atoms with Gasteiger partial charge in [0.05, 0.1) is 14.2 Å². The van der Waals surface area contributed by atoms with Gasteiger partial charge in [-0.15, -0.1) is 0 Å². The molecule has 0 fully saturated rings. The van der Waals surface area contributed by atoms with E-state index in [1.807, 2.05) is 0 Å². The summed E-state index contributed by atoms with van der Waals surface area (Å²) >= 11 is 6.38. The number of halogens is 1. The number of hydrogen-bond acceptors (Lipinski definition) is 8. The summed E-state index contributed by atoms with van der Waals surface area (Å²) in [4.78, 5) is 26.7. The minimum absolute atomic E-state index is 0.0621. The fourth-order valence-corrected chi connectivity index (χ4v) is 4.40. The molecule has 0 saturated heterocycles. The minimum Gasteiger partial charge on any atom is -0.595 e. The monoisotopic (exact) mass is 460 g/mol. The molecule has 0 aromatic heterocycles. The molecule has 0 bridgehead atoms. The Morgan fingerprint density at radius 3 is 2.59 bits per heavy atom. The van der Waals surface area contributed by atoms with E-state index in [9.17, 15) is 20.0 Å². The number of carbonyl (C=O) groups is 2. The van der Waals surface area contributed by atoms with Gasteiger partial charge < -0.3 is 24.7 Å². The van der Waals surface area contributed by atoms with Gasteiger partial charge in [0, 0.05) is 41.6 Å². The quantitative estimate of drug-likeness (QED) is 0.460. The number of allylic oxidation sites excluding steroid dienone is 1. The van der Waals surface area contributed by atoms with Crippen molar-refractivity contribution in [2.75, 3.05) is 19.5 Å². The average molecular weight is 461 g/mol. The first kappa shape index (κ1) is 22.1. The number of benzene rings is 2. The number of nitrogens with one attached hydrogen (secondary N) is 2. The van der Waals surface area contributed by atoms with Gasteiger partial charge in [-0.3, -0.25) is 9.59 Å². The number of ketones is 2. The van der Waals surface area contributed by atoms with Crippen LogP contribution in [0.4, 0.5) is 11.4 Å². The van der Waals surface area contributed by atoms with Crippen LogP contribution in [0.15, 0.2) is 42.1 Å². The van der Waals surface area contributed by atoms with Crippen LogP contribution >= 0.6 is 11.6 Å². The number of methoxy groups -OCH3 is 2. The minimum atomic E-state index is -1.76. The lowest BCUT2D eigenvalue weighted by molar-refractivity contribution is -0.991. The fraction of sp³-hybridized carbons (Fsp3) is 0.273. The second-order valence-corrected chi connectivity index (χ2v) is 7.99. The van der Waals surface area contributed by atoms with Crippen LogP contribution in [0.3, 0.4) is 0 Å². The standard InChI is InChI=1S/C22H21ClN2O7/c1-11-7-13(24-12-5-4-6-14(8-12)25(28)29)9-17(26)22(11)21(27)18-15(30-2)10-16(31-3)19(23)20(18)32-22/h4-6,8-11,24-25,28H,7H2,1-3H3. The highest BCUT2D eigenvalue weighted by molar-refractivity contribution is 6.36. The molecular weight excluding hydrogens is 440 g/mol. The number of anilines is 1. The Bertz CT molecular complexity index is 1150. The third kappa shape index (κ3) is 3.30. The number of ether oxygens (including phenoxy) is 3. The third-order valence-electron chi connectivity index (χ3n) is 5.72. The van der Waals surface area contributed by atoms with Crippen LogP contribution in [0.2, 0.25) is 5.02 Å². The lowest BCUT2D eigenvalue weighted by Crippen LogP contribution is -2.99. The van der Waals surface area contributed by atoms with E-state index < -0.39 is 28.3 Å². The van der Waals surface area contributed by atoms with Gasteiger partial charge in [-0.2, -0.15) is 5.23 Å². The number of hydrogen-bond donors (Lipinski definition) is 3. The van der Waals surface area contributed by atoms with Crippen LogP contribution < -0.4 is 24.8 Å². The van der Waals surface area contributed by atoms with Crippen molar-refractivity contribution >= 4 is 34.5 Å². The molecule has 0 radical (unpaired) electrons. The van der Waals surface area contributed by atoms with Crippen molar-refractivity contribution in [3.63, 3.8) is 0 Å². The number of quaternary nitrogens is 1. The Morgan fingerprint density at radius 1 is 1.25 bits per heavy atom. The zero-order valence-electron chi connectivity index (χ0n) is 17.5. The van der Waals surface area contributed by atoms with Crippen molar-refractivity contribution in [3.05, 3.63) is 57.9 Å². The van der Waals surface area contributed by atoms with Gasteiger partial charge in [-0.25, -0.2) is 5.21 Å². The molecule has 10 heteroatoms. The molecule has 32 heavy (non-hydrogen) atoms. The van der Waals surface area contributed by atoms with Crippen LogP contribution in [-0.4, -0.2) is 36.6 Å². The summed E-state index contributed by atoms with van der Waals surface area (Å²) in [6.45, 7) is 1.74. The lowest BCUT2D eigenvalue weighted by atomic mass is 9.74. The second-order valence-electron chi connectivity index (χ2n) is 7.62. The molecule has 1 heterocycles. The van der Waals surface area contributed by atoms with E-state index in [1.165, 1.54) is 38.5 Å². The van der Waals surface area contributed by atoms with Crippen molar-refractivity contribution < 1.29 is 34.2 Å². The van der Waals surface area contributed by atoms with Crippen molar-refractivity contribution in [1.29, 1.82) is 0 Å². The fourth-order valence-electron chi connectivity index (χ4n) is 4.13. The van der Waals surface area contributed by atoms with Crippen LogP contribution in [0.25, 0.3) is 0 Å². The smallest absolute Gasteiger partial charge is 0.236 e. The van der Waals surface area contributed by atoms with Gasteiger partial charge >= 0.3 is 0 Å². The van der Waals surface area contributed by atoms with Crippen LogP contribution in [0, 0.1) is 11.1 Å². The van der Waals surface area contributed by atoms with Crippen LogP contribution in [-0.2, 0) is 4.79 Å². The molecule has 168 valence electrons. The van der Waals surface area contributed by atoms with Gasteiger partial charge in [0.25, 0.3) is 0 Å². The van der Waals surface area contributed by atoms with E-state index in [0.717, 1.165) is 0 Å². The average Bonchev–Trinajstić information content (AvgIpc) is 3.08. The summed E-state index contributed by atoms with van der Waals surface area (Å²) in [5, 5.41) is 22.5. The molecule has 0 saturated carbocycles. The number of Topliss-reactive ketones (excluding diaryl/α,β-unsaturated/α-hetero) is 1. The molecule has 1 aliphatic carbocycles. The zero-order chi connectivity index (χ0) is 23.2. The van der Waals surface area contributed by atoms with Crippen molar-refractivity contribution in [2.24, 2.45) is 5.92 Å². The first-order valence-electron chi connectivity index (χ1n) is 9.76. The molecule has 2 aromatic rings. The van der Waals surface area contributed by atoms with E-state index in [-0.39, 0.29) is 33.5 Å². The maximum absolute atomic E-state index is 13.5. The predicted molar refractivity (Wildman–Crippen MR) is 115 cm³/mol. The normalized spacial score (nSPS) is 22.8. The first-order valence-corrected chi connectivity index (χ1v) is 10.1. The molecule has 9 nitrogen and oxygen atoms in total. The molecular formula is C22H21ClN2O7. The highest BCUT2D eigenvalue weighted by Gasteiger charge is 2.60. The molecule has 2 aliphatic rings. The van der Waals surface area contributed by atoms with E-state index in [1.54, 1.807) is 19.1 Å². The molecule has 1 aliphatic heterocycles. The summed E-state index contributed by atoms with van der Waals surface area (Å²) in [5.74, 6) is -1.06. The molecule has 3 atom stereocenters. The topological polar surface area (TPSA) is 122 Å². The Balaban J connectivity index is 1.69. The van der Waals surface area contributed by atoms with Crippen LogP contribution in [0.1, 0.15) is 23.7 Å². The maximum atomic E-state index is 13.5. The van der Waals surface area contributed by atoms with E-state index >= 15 is 0 Å². The number of rotatable bonds is 5. The van der Waals surface area contributed by atoms with Crippen molar-refractivity contribution in [1.82, 2.24) is 0 Å². The Labute approximate surface area is 188 Å². The molecule has 4 rings (SSSR count). The van der Waals surface area contributed by atoms with Crippen LogP contribution in [0.5, 0.6) is 17.2 Å². The van der Waals surface area contributed by atoms with Gasteiger partial charge in [0.15, 0.2) is 11.4 Å². The van der Waals surface area contributed by atoms with E-state index in [4.69, 9.17) is 25.8 Å². The third-order valence-corrected chi connectivity index (χ3v) is 6.08. The molecule has 3 unspecified atom stereocenters.